The Hall–Kier alpha value is -2.37. The van der Waals surface area contributed by atoms with E-state index >= 15 is 0 Å². The zero-order valence-electron chi connectivity index (χ0n) is 12.2. The van der Waals surface area contributed by atoms with Crippen molar-refractivity contribution in [2.75, 3.05) is 11.4 Å². The number of benzene rings is 1. The van der Waals surface area contributed by atoms with E-state index in [1.54, 1.807) is 24.3 Å². The van der Waals surface area contributed by atoms with E-state index in [1.807, 2.05) is 0 Å². The van der Waals surface area contributed by atoms with E-state index in [4.69, 9.17) is 16.0 Å². The van der Waals surface area contributed by atoms with E-state index in [-0.39, 0.29) is 12.3 Å². The molecule has 0 bridgehead atoms. The molecule has 1 aromatic heterocycles. The Morgan fingerprint density at radius 1 is 1.43 bits per heavy atom. The Kier molecular flexibility index (Phi) is 3.83. The van der Waals surface area contributed by atoms with Crippen LogP contribution in [0.15, 0.2) is 53.7 Å². The zero-order valence-corrected chi connectivity index (χ0v) is 12.9. The van der Waals surface area contributed by atoms with Crippen molar-refractivity contribution in [3.05, 3.63) is 65.6 Å². The maximum Gasteiger partial charge on any atom is 0.264 e. The largest absolute Gasteiger partial charge is 0.461 e. The molecule has 1 amide bonds. The van der Waals surface area contributed by atoms with Crippen molar-refractivity contribution in [3.8, 4) is 0 Å². The highest BCUT2D eigenvalue weighted by Gasteiger charge is 2.51. The minimum absolute atomic E-state index is 0.0944. The van der Waals surface area contributed by atoms with Crippen LogP contribution in [-0.4, -0.2) is 23.3 Å². The van der Waals surface area contributed by atoms with Gasteiger partial charge in [-0.15, -0.1) is 6.58 Å². The van der Waals surface area contributed by atoms with Crippen molar-refractivity contribution in [1.29, 1.82) is 0 Å². The summed E-state index contributed by atoms with van der Waals surface area (Å²) in [6.07, 6.45) is 2.50. The highest BCUT2D eigenvalue weighted by molar-refractivity contribution is 6.31. The Balaban J connectivity index is 2.04. The number of rotatable bonds is 5. The first-order valence-electron chi connectivity index (χ1n) is 6.99. The number of hydrogen-bond acceptors (Lipinski definition) is 4. The average molecular weight is 332 g/mol. The number of amides is 1. The maximum absolute atomic E-state index is 12.7. The number of Topliss-reactive ketones (excluding diaryl/α,β-unsaturated/α-hetero) is 1. The van der Waals surface area contributed by atoms with E-state index in [2.05, 4.69) is 6.58 Å². The van der Waals surface area contributed by atoms with Gasteiger partial charge in [0, 0.05) is 17.1 Å². The molecule has 1 aliphatic rings. The fraction of sp³-hybridized carbons (Fsp3) is 0.176. The number of anilines is 1. The number of ketones is 1. The van der Waals surface area contributed by atoms with Crippen molar-refractivity contribution in [2.24, 2.45) is 0 Å². The van der Waals surface area contributed by atoms with Gasteiger partial charge >= 0.3 is 0 Å². The van der Waals surface area contributed by atoms with Gasteiger partial charge in [-0.2, -0.15) is 0 Å². The molecule has 23 heavy (non-hydrogen) atoms. The van der Waals surface area contributed by atoms with Crippen LogP contribution in [-0.2, 0) is 10.4 Å². The summed E-state index contributed by atoms with van der Waals surface area (Å²) in [6, 6.07) is 7.85. The molecule has 0 unspecified atom stereocenters. The Bertz CT molecular complexity index is 784. The topological polar surface area (TPSA) is 70.8 Å². The molecule has 0 fully saturated rings. The van der Waals surface area contributed by atoms with E-state index < -0.39 is 23.7 Å². The zero-order chi connectivity index (χ0) is 16.6. The quantitative estimate of drug-likeness (QED) is 0.675. The average Bonchev–Trinajstić information content (AvgIpc) is 3.11. The number of halogens is 1. The van der Waals surface area contributed by atoms with Crippen LogP contribution in [0.2, 0.25) is 5.02 Å². The highest BCUT2D eigenvalue weighted by Crippen LogP contribution is 2.44. The number of hydrogen-bond donors (Lipinski definition) is 1. The van der Waals surface area contributed by atoms with Crippen LogP contribution in [0, 0.1) is 0 Å². The summed E-state index contributed by atoms with van der Waals surface area (Å²) in [4.78, 5) is 26.4. The molecular weight excluding hydrogens is 318 g/mol. The van der Waals surface area contributed by atoms with E-state index in [0.29, 0.717) is 16.3 Å². The van der Waals surface area contributed by atoms with Gasteiger partial charge in [-0.05, 0) is 30.3 Å². The first-order chi connectivity index (χ1) is 11.0. The van der Waals surface area contributed by atoms with Crippen LogP contribution in [0.5, 0.6) is 0 Å². The van der Waals surface area contributed by atoms with Gasteiger partial charge in [0.15, 0.2) is 11.4 Å². The van der Waals surface area contributed by atoms with Gasteiger partial charge in [0.05, 0.1) is 18.4 Å². The van der Waals surface area contributed by atoms with Crippen LogP contribution in [0.3, 0.4) is 0 Å². The molecule has 6 heteroatoms. The lowest BCUT2D eigenvalue weighted by atomic mass is 9.89. The van der Waals surface area contributed by atoms with Crippen molar-refractivity contribution in [2.45, 2.75) is 12.0 Å². The van der Waals surface area contributed by atoms with Gasteiger partial charge in [0.2, 0.25) is 5.78 Å². The molecule has 118 valence electrons. The fourth-order valence-electron chi connectivity index (χ4n) is 2.76. The summed E-state index contributed by atoms with van der Waals surface area (Å²) in [5.74, 6) is -0.941. The Morgan fingerprint density at radius 2 is 2.22 bits per heavy atom. The lowest BCUT2D eigenvalue weighted by Crippen LogP contribution is -2.41. The first kappa shape index (κ1) is 15.5. The van der Waals surface area contributed by atoms with Crippen LogP contribution in [0.25, 0.3) is 0 Å². The summed E-state index contributed by atoms with van der Waals surface area (Å²) in [5, 5.41) is 11.3. The molecule has 0 saturated heterocycles. The molecule has 1 aliphatic heterocycles. The van der Waals surface area contributed by atoms with Gasteiger partial charge in [-0.25, -0.2) is 0 Å². The van der Waals surface area contributed by atoms with Gasteiger partial charge in [-0.1, -0.05) is 17.7 Å². The van der Waals surface area contributed by atoms with Crippen molar-refractivity contribution >= 4 is 29.0 Å². The van der Waals surface area contributed by atoms with Crippen LogP contribution in [0.4, 0.5) is 5.69 Å². The number of carbonyl (C=O) groups excluding carboxylic acids is 2. The molecule has 0 radical (unpaired) electrons. The molecular formula is C17H14ClNO4. The lowest BCUT2D eigenvalue weighted by molar-refractivity contribution is -0.135. The molecule has 2 aromatic rings. The maximum atomic E-state index is 12.7. The summed E-state index contributed by atoms with van der Waals surface area (Å²) in [5.41, 5.74) is -1.13. The minimum Gasteiger partial charge on any atom is -0.461 e. The van der Waals surface area contributed by atoms with E-state index in [1.165, 1.54) is 23.3 Å². The smallest absolute Gasteiger partial charge is 0.264 e. The van der Waals surface area contributed by atoms with Crippen molar-refractivity contribution in [1.82, 2.24) is 0 Å². The molecule has 1 atom stereocenters. The predicted molar refractivity (Wildman–Crippen MR) is 85.6 cm³/mol. The van der Waals surface area contributed by atoms with Gasteiger partial charge < -0.3 is 14.4 Å². The van der Waals surface area contributed by atoms with Crippen molar-refractivity contribution < 1.29 is 19.1 Å². The highest BCUT2D eigenvalue weighted by atomic mass is 35.5. The van der Waals surface area contributed by atoms with Crippen molar-refractivity contribution in [3.63, 3.8) is 0 Å². The third-order valence-electron chi connectivity index (χ3n) is 3.82. The van der Waals surface area contributed by atoms with E-state index in [0.717, 1.165) is 0 Å². The second kappa shape index (κ2) is 5.68. The normalized spacial score (nSPS) is 19.7. The summed E-state index contributed by atoms with van der Waals surface area (Å²) >= 11 is 5.99. The summed E-state index contributed by atoms with van der Waals surface area (Å²) in [7, 11) is 0. The van der Waals surface area contributed by atoms with Gasteiger partial charge in [-0.3, -0.25) is 9.59 Å². The van der Waals surface area contributed by atoms with Gasteiger partial charge in [0.25, 0.3) is 5.91 Å². The third-order valence-corrected chi connectivity index (χ3v) is 4.05. The number of carbonyl (C=O) groups is 2. The number of nitrogens with zero attached hydrogens (tertiary/aromatic N) is 1. The third kappa shape index (κ3) is 2.48. The second-order valence-corrected chi connectivity index (χ2v) is 5.74. The fourth-order valence-corrected chi connectivity index (χ4v) is 2.93. The molecule has 1 N–H and O–H groups in total. The lowest BCUT2D eigenvalue weighted by Gasteiger charge is -2.21. The summed E-state index contributed by atoms with van der Waals surface area (Å²) in [6.45, 7) is 3.84. The second-order valence-electron chi connectivity index (χ2n) is 5.30. The molecule has 2 heterocycles. The SMILES string of the molecule is C=CCN1C(=O)[C@@](O)(CC(=O)c2ccco2)c2cc(Cl)ccc21. The minimum atomic E-state index is -1.97. The molecule has 0 aliphatic carbocycles. The molecule has 1 aromatic carbocycles. The Morgan fingerprint density at radius 3 is 2.87 bits per heavy atom. The monoisotopic (exact) mass is 331 g/mol. The number of furan rings is 1. The standard InChI is InChI=1S/C17H14ClNO4/c1-2-7-19-13-6-5-11(18)9-12(13)17(22,16(19)21)10-14(20)15-4-3-8-23-15/h2-6,8-9,22H,1,7,10H2/t17-/m1/s1. The van der Waals surface area contributed by atoms with E-state index in [9.17, 15) is 14.7 Å². The van der Waals surface area contributed by atoms with Crippen LogP contribution in [0.1, 0.15) is 22.5 Å². The number of aliphatic hydroxyl groups is 1. The van der Waals surface area contributed by atoms with Crippen LogP contribution >= 0.6 is 11.6 Å². The first-order valence-corrected chi connectivity index (χ1v) is 7.37. The summed E-state index contributed by atoms with van der Waals surface area (Å²) < 4.78 is 5.04. The van der Waals surface area contributed by atoms with Crippen LogP contribution < -0.4 is 4.90 Å². The Labute approximate surface area is 137 Å². The molecule has 0 saturated carbocycles. The predicted octanol–water partition coefficient (Wildman–Crippen LogP) is 2.93. The van der Waals surface area contributed by atoms with Gasteiger partial charge in [0.1, 0.15) is 0 Å². The number of fused-ring (bicyclic) bond motifs is 1. The molecule has 3 rings (SSSR count). The molecule has 0 spiro atoms. The molecule has 5 nitrogen and oxygen atoms in total.